The number of benzene rings is 1. The Kier molecular flexibility index (Phi) is 5.62. The van der Waals surface area contributed by atoms with Crippen LogP contribution in [0, 0.1) is 5.92 Å². The van der Waals surface area contributed by atoms with Gasteiger partial charge in [-0.25, -0.2) is 0 Å². The van der Waals surface area contributed by atoms with Crippen molar-refractivity contribution in [2.24, 2.45) is 5.92 Å². The summed E-state index contributed by atoms with van der Waals surface area (Å²) >= 11 is 0. The molecule has 0 radical (unpaired) electrons. The van der Waals surface area contributed by atoms with Gasteiger partial charge < -0.3 is 15.0 Å². The molecule has 4 rings (SSSR count). The van der Waals surface area contributed by atoms with Gasteiger partial charge in [0.05, 0.1) is 13.2 Å². The van der Waals surface area contributed by atoms with E-state index in [0.29, 0.717) is 26.1 Å². The number of pyridine rings is 1. The van der Waals surface area contributed by atoms with Gasteiger partial charge >= 0.3 is 0 Å². The predicted molar refractivity (Wildman–Crippen MR) is 110 cm³/mol. The lowest BCUT2D eigenvalue weighted by Gasteiger charge is -2.43. The van der Waals surface area contributed by atoms with Crippen LogP contribution in [0.5, 0.6) is 0 Å². The van der Waals surface area contributed by atoms with Crippen LogP contribution in [0.15, 0.2) is 48.8 Å². The summed E-state index contributed by atoms with van der Waals surface area (Å²) in [6.07, 6.45) is 7.01. The second-order valence-corrected chi connectivity index (χ2v) is 7.93. The highest BCUT2D eigenvalue weighted by atomic mass is 16.5. The maximum absolute atomic E-state index is 12.9. The number of hydrogen-bond donors (Lipinski definition) is 1. The van der Waals surface area contributed by atoms with E-state index in [1.54, 1.807) is 13.2 Å². The smallest absolute Gasteiger partial charge is 0.254 e. The Balaban J connectivity index is 1.59. The van der Waals surface area contributed by atoms with E-state index in [4.69, 9.17) is 4.74 Å². The Morgan fingerprint density at radius 1 is 1.24 bits per heavy atom. The van der Waals surface area contributed by atoms with E-state index >= 15 is 0 Å². The van der Waals surface area contributed by atoms with Gasteiger partial charge in [-0.1, -0.05) is 36.8 Å². The molecule has 2 heterocycles. The third-order valence-corrected chi connectivity index (χ3v) is 6.00. The average Bonchev–Trinajstić information content (AvgIpc) is 2.73. The fraction of sp³-hybridized carbons (Fsp3) is 0.435. The van der Waals surface area contributed by atoms with Gasteiger partial charge in [0, 0.05) is 38.3 Å². The highest BCUT2D eigenvalue weighted by molar-refractivity contribution is 5.87. The minimum atomic E-state index is -1.07. The monoisotopic (exact) mass is 393 g/mol. The van der Waals surface area contributed by atoms with Gasteiger partial charge in [0.25, 0.3) is 5.91 Å². The van der Waals surface area contributed by atoms with Crippen LogP contribution in [-0.2, 0) is 20.7 Å². The van der Waals surface area contributed by atoms with Crippen molar-refractivity contribution in [1.29, 1.82) is 0 Å². The summed E-state index contributed by atoms with van der Waals surface area (Å²) in [6, 6.07) is 12.0. The first kappa shape index (κ1) is 19.6. The van der Waals surface area contributed by atoms with E-state index in [1.165, 1.54) is 0 Å². The molecule has 1 saturated carbocycles. The first-order valence-electron chi connectivity index (χ1n) is 10.3. The SMILES string of the molecule is CNC(=O)[C@@]1(Cc2cccc(-c3cccnc3)c2)CN(C(=O)C2CCC2)CCO1. The molecule has 6 heteroatoms. The van der Waals surface area contributed by atoms with Crippen molar-refractivity contribution in [3.8, 4) is 11.1 Å². The summed E-state index contributed by atoms with van der Waals surface area (Å²) in [5, 5.41) is 2.75. The van der Waals surface area contributed by atoms with Crippen LogP contribution in [0.1, 0.15) is 24.8 Å². The molecule has 0 spiro atoms. The van der Waals surface area contributed by atoms with Crippen molar-refractivity contribution < 1.29 is 14.3 Å². The number of aromatic nitrogens is 1. The summed E-state index contributed by atoms with van der Waals surface area (Å²) in [5.41, 5.74) is 1.99. The van der Waals surface area contributed by atoms with Crippen molar-refractivity contribution >= 4 is 11.8 Å². The standard InChI is InChI=1S/C23H27N3O3/c1-24-22(28)23(16-26(11-12-29-23)21(27)18-6-3-7-18)14-17-5-2-8-19(13-17)20-9-4-10-25-15-20/h2,4-5,8-10,13,15,18H,3,6-7,11-12,14,16H2,1H3,(H,24,28)/t23-/m1/s1. The van der Waals surface area contributed by atoms with E-state index in [-0.39, 0.29) is 17.7 Å². The largest absolute Gasteiger partial charge is 0.361 e. The minimum absolute atomic E-state index is 0.115. The normalized spacial score (nSPS) is 22.0. The molecule has 1 aliphatic carbocycles. The number of hydrogen-bond acceptors (Lipinski definition) is 4. The molecule has 1 atom stereocenters. The van der Waals surface area contributed by atoms with Crippen LogP contribution in [0.2, 0.25) is 0 Å². The van der Waals surface area contributed by atoms with Crippen molar-refractivity contribution in [2.45, 2.75) is 31.3 Å². The van der Waals surface area contributed by atoms with Crippen molar-refractivity contribution in [1.82, 2.24) is 15.2 Å². The number of nitrogens with one attached hydrogen (secondary N) is 1. The fourth-order valence-electron chi connectivity index (χ4n) is 4.16. The first-order valence-corrected chi connectivity index (χ1v) is 10.3. The molecular formula is C23H27N3O3. The summed E-state index contributed by atoms with van der Waals surface area (Å²) in [6.45, 7) is 1.21. The molecule has 0 bridgehead atoms. The quantitative estimate of drug-likeness (QED) is 0.847. The molecule has 1 aromatic carbocycles. The number of carbonyl (C=O) groups is 2. The maximum atomic E-state index is 12.9. The van der Waals surface area contributed by atoms with Gasteiger partial charge in [-0.15, -0.1) is 0 Å². The average molecular weight is 393 g/mol. The van der Waals surface area contributed by atoms with Gasteiger partial charge in [0.2, 0.25) is 5.91 Å². The molecule has 1 aliphatic heterocycles. The second kappa shape index (κ2) is 8.33. The predicted octanol–water partition coefficient (Wildman–Crippen LogP) is 2.43. The number of ether oxygens (including phenoxy) is 1. The summed E-state index contributed by atoms with van der Waals surface area (Å²) in [5.74, 6) is 0.0942. The summed E-state index contributed by atoms with van der Waals surface area (Å²) < 4.78 is 6.06. The second-order valence-electron chi connectivity index (χ2n) is 7.93. The molecule has 152 valence electrons. The van der Waals surface area contributed by atoms with Gasteiger partial charge in [-0.3, -0.25) is 14.6 Å². The zero-order valence-corrected chi connectivity index (χ0v) is 16.8. The Morgan fingerprint density at radius 2 is 2.07 bits per heavy atom. The van der Waals surface area contributed by atoms with Crippen LogP contribution in [0.4, 0.5) is 0 Å². The molecule has 2 fully saturated rings. The number of carbonyl (C=O) groups excluding carboxylic acids is 2. The number of amides is 2. The zero-order valence-electron chi connectivity index (χ0n) is 16.8. The van der Waals surface area contributed by atoms with Crippen molar-refractivity contribution in [3.63, 3.8) is 0 Å². The number of likely N-dealkylation sites (N-methyl/N-ethyl adjacent to an activating group) is 1. The van der Waals surface area contributed by atoms with Crippen LogP contribution in [-0.4, -0.2) is 54.0 Å². The van der Waals surface area contributed by atoms with E-state index < -0.39 is 5.60 Å². The van der Waals surface area contributed by atoms with Crippen LogP contribution >= 0.6 is 0 Å². The van der Waals surface area contributed by atoms with Crippen LogP contribution in [0.25, 0.3) is 11.1 Å². The third-order valence-electron chi connectivity index (χ3n) is 6.00. The molecule has 2 amide bonds. The molecule has 1 N–H and O–H groups in total. The number of nitrogens with zero attached hydrogens (tertiary/aromatic N) is 2. The molecule has 6 nitrogen and oxygen atoms in total. The Labute approximate surface area is 171 Å². The van der Waals surface area contributed by atoms with Crippen LogP contribution in [0.3, 0.4) is 0 Å². The molecule has 0 unspecified atom stereocenters. The molecule has 1 saturated heterocycles. The van der Waals surface area contributed by atoms with Gasteiger partial charge in [-0.05, 0) is 35.6 Å². The lowest BCUT2D eigenvalue weighted by molar-refractivity contribution is -0.168. The maximum Gasteiger partial charge on any atom is 0.254 e. The van der Waals surface area contributed by atoms with E-state index in [1.807, 2.05) is 41.4 Å². The summed E-state index contributed by atoms with van der Waals surface area (Å²) in [4.78, 5) is 31.7. The molecular weight excluding hydrogens is 366 g/mol. The van der Waals surface area contributed by atoms with Gasteiger partial charge in [0.1, 0.15) is 0 Å². The Bertz CT molecular complexity index is 882. The van der Waals surface area contributed by atoms with Gasteiger partial charge in [-0.2, -0.15) is 0 Å². The topological polar surface area (TPSA) is 71.5 Å². The van der Waals surface area contributed by atoms with E-state index in [9.17, 15) is 9.59 Å². The minimum Gasteiger partial charge on any atom is -0.361 e. The van der Waals surface area contributed by atoms with Crippen molar-refractivity contribution in [3.05, 3.63) is 54.4 Å². The zero-order chi connectivity index (χ0) is 20.3. The number of rotatable bonds is 5. The molecule has 2 aromatic rings. The van der Waals surface area contributed by atoms with Gasteiger partial charge in [0.15, 0.2) is 5.60 Å². The lowest BCUT2D eigenvalue weighted by atomic mass is 9.83. The Hall–Kier alpha value is -2.73. The van der Waals surface area contributed by atoms with E-state index in [2.05, 4.69) is 16.4 Å². The third kappa shape index (κ3) is 4.03. The highest BCUT2D eigenvalue weighted by Gasteiger charge is 2.45. The van der Waals surface area contributed by atoms with Crippen LogP contribution < -0.4 is 5.32 Å². The molecule has 29 heavy (non-hydrogen) atoms. The molecule has 1 aromatic heterocycles. The van der Waals surface area contributed by atoms with Crippen molar-refractivity contribution in [2.75, 3.05) is 26.7 Å². The molecule has 2 aliphatic rings. The summed E-state index contributed by atoms with van der Waals surface area (Å²) in [7, 11) is 1.62. The lowest BCUT2D eigenvalue weighted by Crippen LogP contribution is -2.62. The number of morpholine rings is 1. The van der Waals surface area contributed by atoms with E-state index in [0.717, 1.165) is 36.0 Å². The first-order chi connectivity index (χ1) is 14.1. The Morgan fingerprint density at radius 3 is 2.76 bits per heavy atom. The highest BCUT2D eigenvalue weighted by Crippen LogP contribution is 2.32. The fourth-order valence-corrected chi connectivity index (χ4v) is 4.16.